The summed E-state index contributed by atoms with van der Waals surface area (Å²) in [6.45, 7) is 3.90. The number of rotatable bonds is 8. The van der Waals surface area contributed by atoms with E-state index in [9.17, 15) is 14.4 Å². The lowest BCUT2D eigenvalue weighted by molar-refractivity contribution is -0.139. The number of nitrogens with one attached hydrogen (secondary N) is 1. The number of hydrogen-bond donors (Lipinski definition) is 3. The van der Waals surface area contributed by atoms with E-state index < -0.39 is 17.9 Å². The van der Waals surface area contributed by atoms with Gasteiger partial charge in [-0.15, -0.1) is 12.4 Å². The number of primary amides is 1. The zero-order valence-corrected chi connectivity index (χ0v) is 13.9. The molecule has 0 saturated carbocycles. The Balaban J connectivity index is 0.00000484. The van der Waals surface area contributed by atoms with Crippen molar-refractivity contribution >= 4 is 35.9 Å². The highest BCUT2D eigenvalue weighted by Crippen LogP contribution is 2.11. The molecule has 0 aromatic heterocycles. The Hall–Kier alpha value is -2.12. The van der Waals surface area contributed by atoms with Gasteiger partial charge in [-0.1, -0.05) is 6.92 Å². The summed E-state index contributed by atoms with van der Waals surface area (Å²) in [4.78, 5) is 35.6. The van der Waals surface area contributed by atoms with Gasteiger partial charge < -0.3 is 16.2 Å². The highest BCUT2D eigenvalue weighted by molar-refractivity contribution is 5.96. The number of carboxylic acids is 1. The topological polar surface area (TPSA) is 113 Å². The normalized spacial score (nSPS) is 11.4. The van der Waals surface area contributed by atoms with E-state index in [2.05, 4.69) is 5.32 Å². The van der Waals surface area contributed by atoms with E-state index in [4.69, 9.17) is 10.8 Å². The van der Waals surface area contributed by atoms with E-state index in [1.807, 2.05) is 6.92 Å². The Bertz CT molecular complexity index is 548. The Labute approximate surface area is 141 Å². The summed E-state index contributed by atoms with van der Waals surface area (Å²) in [5.74, 6) is -1.82. The summed E-state index contributed by atoms with van der Waals surface area (Å²) in [6.07, 6.45) is 0.748. The van der Waals surface area contributed by atoms with E-state index in [-0.39, 0.29) is 24.9 Å². The summed E-state index contributed by atoms with van der Waals surface area (Å²) < 4.78 is 0. The van der Waals surface area contributed by atoms with Crippen LogP contribution < -0.4 is 11.1 Å². The van der Waals surface area contributed by atoms with Crippen LogP contribution in [0.5, 0.6) is 0 Å². The maximum absolute atomic E-state index is 12.2. The van der Waals surface area contributed by atoms with Crippen LogP contribution in [0.4, 0.5) is 5.69 Å². The number of carbonyl (C=O) groups is 3. The molecule has 7 nitrogen and oxygen atoms in total. The number of carboxylic acid groups (broad SMARTS) is 1. The zero-order valence-electron chi connectivity index (χ0n) is 13.1. The van der Waals surface area contributed by atoms with Crippen LogP contribution in [0.2, 0.25) is 0 Å². The van der Waals surface area contributed by atoms with Crippen LogP contribution in [0.25, 0.3) is 0 Å². The summed E-state index contributed by atoms with van der Waals surface area (Å²) in [6, 6.07) is 5.61. The lowest BCUT2D eigenvalue weighted by Crippen LogP contribution is -2.44. The average Bonchev–Trinajstić information content (AvgIpc) is 2.46. The number of hydrogen-bond acceptors (Lipinski definition) is 4. The third-order valence-corrected chi connectivity index (χ3v) is 3.21. The van der Waals surface area contributed by atoms with Crippen molar-refractivity contribution in [2.24, 2.45) is 5.73 Å². The minimum absolute atomic E-state index is 0. The van der Waals surface area contributed by atoms with Gasteiger partial charge in [-0.05, 0) is 44.2 Å². The standard InChI is InChI=1S/C15H21N3O4.ClH/c1-3-8-18(9-13(19)20)10(2)15(22)17-12-6-4-11(5-7-12)14(16)21;/h4-7,10H,3,8-9H2,1-2H3,(H2,16,21)(H,17,22)(H,19,20);1H. The Morgan fingerprint density at radius 2 is 1.83 bits per heavy atom. The van der Waals surface area contributed by atoms with Crippen molar-refractivity contribution < 1.29 is 19.5 Å². The second kappa shape index (κ2) is 9.81. The number of benzene rings is 1. The maximum atomic E-state index is 12.2. The number of halogens is 1. The monoisotopic (exact) mass is 343 g/mol. The van der Waals surface area contributed by atoms with Crippen LogP contribution in [0.15, 0.2) is 24.3 Å². The zero-order chi connectivity index (χ0) is 16.7. The molecule has 0 spiro atoms. The Kier molecular flexibility index (Phi) is 8.90. The van der Waals surface area contributed by atoms with Crippen LogP contribution >= 0.6 is 12.4 Å². The molecule has 0 aliphatic heterocycles. The van der Waals surface area contributed by atoms with Crippen LogP contribution in [0.1, 0.15) is 30.6 Å². The molecule has 1 aromatic rings. The van der Waals surface area contributed by atoms with Gasteiger partial charge in [0.2, 0.25) is 11.8 Å². The van der Waals surface area contributed by atoms with Crippen molar-refractivity contribution in [3.05, 3.63) is 29.8 Å². The SMILES string of the molecule is CCCN(CC(=O)O)C(C)C(=O)Nc1ccc(C(N)=O)cc1.Cl. The predicted octanol–water partition coefficient (Wildman–Crippen LogP) is 1.33. The molecule has 0 fully saturated rings. The highest BCUT2D eigenvalue weighted by Gasteiger charge is 2.22. The lowest BCUT2D eigenvalue weighted by atomic mass is 10.2. The van der Waals surface area contributed by atoms with Gasteiger partial charge in [-0.2, -0.15) is 0 Å². The molecule has 8 heteroatoms. The summed E-state index contributed by atoms with van der Waals surface area (Å²) >= 11 is 0. The summed E-state index contributed by atoms with van der Waals surface area (Å²) in [5.41, 5.74) is 6.02. The number of nitrogens with two attached hydrogens (primary N) is 1. The third-order valence-electron chi connectivity index (χ3n) is 3.21. The van der Waals surface area contributed by atoms with Crippen molar-refractivity contribution in [1.82, 2.24) is 4.90 Å². The van der Waals surface area contributed by atoms with Crippen LogP contribution in [-0.4, -0.2) is 46.9 Å². The number of amides is 2. The molecule has 4 N–H and O–H groups in total. The fourth-order valence-electron chi connectivity index (χ4n) is 2.00. The van der Waals surface area contributed by atoms with E-state index >= 15 is 0 Å². The first-order chi connectivity index (χ1) is 10.3. The van der Waals surface area contributed by atoms with E-state index in [1.54, 1.807) is 24.0 Å². The second-order valence-corrected chi connectivity index (χ2v) is 4.97. The van der Waals surface area contributed by atoms with Crippen LogP contribution in [0.3, 0.4) is 0 Å². The molecule has 1 aromatic carbocycles. The second-order valence-electron chi connectivity index (χ2n) is 4.97. The van der Waals surface area contributed by atoms with Gasteiger partial charge in [0.25, 0.3) is 0 Å². The number of carbonyl (C=O) groups excluding carboxylic acids is 2. The molecule has 0 aliphatic carbocycles. The Morgan fingerprint density at radius 3 is 2.26 bits per heavy atom. The van der Waals surface area contributed by atoms with Crippen molar-refractivity contribution in [2.45, 2.75) is 26.3 Å². The van der Waals surface area contributed by atoms with Gasteiger partial charge in [0.1, 0.15) is 0 Å². The fraction of sp³-hybridized carbons (Fsp3) is 0.400. The third kappa shape index (κ3) is 6.66. The highest BCUT2D eigenvalue weighted by atomic mass is 35.5. The molecular formula is C15H22ClN3O4. The van der Waals surface area contributed by atoms with Gasteiger partial charge >= 0.3 is 5.97 Å². The molecular weight excluding hydrogens is 322 g/mol. The molecule has 0 heterocycles. The van der Waals surface area contributed by atoms with Gasteiger partial charge in [0.15, 0.2) is 0 Å². The van der Waals surface area contributed by atoms with Crippen molar-refractivity contribution in [3.63, 3.8) is 0 Å². The van der Waals surface area contributed by atoms with Gasteiger partial charge in [-0.25, -0.2) is 0 Å². The van der Waals surface area contributed by atoms with E-state index in [0.717, 1.165) is 6.42 Å². The minimum atomic E-state index is -0.973. The quantitative estimate of drug-likeness (QED) is 0.659. The average molecular weight is 344 g/mol. The molecule has 23 heavy (non-hydrogen) atoms. The molecule has 1 atom stereocenters. The summed E-state index contributed by atoms with van der Waals surface area (Å²) in [7, 11) is 0. The summed E-state index contributed by atoms with van der Waals surface area (Å²) in [5, 5.41) is 11.6. The van der Waals surface area contributed by atoms with Crippen molar-refractivity contribution in [3.8, 4) is 0 Å². The van der Waals surface area contributed by atoms with Crippen molar-refractivity contribution in [2.75, 3.05) is 18.4 Å². The van der Waals surface area contributed by atoms with Gasteiger partial charge in [0, 0.05) is 11.3 Å². The van der Waals surface area contributed by atoms with E-state index in [0.29, 0.717) is 17.8 Å². The fourth-order valence-corrected chi connectivity index (χ4v) is 2.00. The molecule has 0 saturated heterocycles. The predicted molar refractivity (Wildman–Crippen MR) is 89.8 cm³/mol. The molecule has 0 bridgehead atoms. The molecule has 1 rings (SSSR count). The minimum Gasteiger partial charge on any atom is -0.480 e. The first-order valence-electron chi connectivity index (χ1n) is 7.01. The van der Waals surface area contributed by atoms with Crippen LogP contribution in [-0.2, 0) is 9.59 Å². The Morgan fingerprint density at radius 1 is 1.26 bits per heavy atom. The molecule has 0 radical (unpaired) electrons. The molecule has 1 unspecified atom stereocenters. The van der Waals surface area contributed by atoms with E-state index in [1.165, 1.54) is 12.1 Å². The largest absolute Gasteiger partial charge is 0.480 e. The molecule has 128 valence electrons. The number of nitrogens with zero attached hydrogens (tertiary/aromatic N) is 1. The molecule has 0 aliphatic rings. The first kappa shape index (κ1) is 20.9. The van der Waals surface area contributed by atoms with Gasteiger partial charge in [-0.3, -0.25) is 19.3 Å². The first-order valence-corrected chi connectivity index (χ1v) is 7.01. The number of aliphatic carboxylic acids is 1. The van der Waals surface area contributed by atoms with Crippen molar-refractivity contribution in [1.29, 1.82) is 0 Å². The lowest BCUT2D eigenvalue weighted by Gasteiger charge is -2.26. The van der Waals surface area contributed by atoms with Crippen LogP contribution in [0, 0.1) is 0 Å². The smallest absolute Gasteiger partial charge is 0.317 e. The maximum Gasteiger partial charge on any atom is 0.317 e. The van der Waals surface area contributed by atoms with Gasteiger partial charge in [0.05, 0.1) is 12.6 Å². The number of anilines is 1. The molecule has 2 amide bonds.